The molecular weight excluding hydrogens is 986 g/mol. The molecule has 342 valence electrons. The molecular formula is C61H66N3OPt-. The smallest absolute Gasteiger partial charge is 0.148 e. The third kappa shape index (κ3) is 9.50. The van der Waals surface area contributed by atoms with Gasteiger partial charge in [0.05, 0.1) is 22.3 Å². The second-order valence-corrected chi connectivity index (χ2v) is 21.5. The Bertz CT molecular complexity index is 3180. The number of pyridine rings is 1. The number of aryl methyl sites for hydroxylation is 1. The molecule has 0 aliphatic carbocycles. The summed E-state index contributed by atoms with van der Waals surface area (Å²) in [5, 5.41) is 12.3. The van der Waals surface area contributed by atoms with Crippen molar-refractivity contribution in [2.45, 2.75) is 125 Å². The average molecular weight is 1060 g/mol. The number of hydrogen-bond donors (Lipinski definition) is 1. The molecule has 66 heavy (non-hydrogen) atoms. The fourth-order valence-corrected chi connectivity index (χ4v) is 8.86. The first-order valence-electron chi connectivity index (χ1n) is 24.6. The van der Waals surface area contributed by atoms with Crippen LogP contribution in [0.5, 0.6) is 5.75 Å². The maximum Gasteiger partial charge on any atom is 0.148 e. The van der Waals surface area contributed by atoms with Crippen LogP contribution in [-0.4, -0.2) is 19.6 Å². The van der Waals surface area contributed by atoms with Crippen LogP contribution in [0.25, 0.3) is 72.7 Å². The number of para-hydroxylation sites is 1. The standard InChI is InChI=1S/C61H66N3O.Pt/c1-37(2)43-34-50(38(3)4)57(65)51(35-43)58-63-56-49(19-17-21-55(56)64(58)54-27-24-42(30-39(54)5)48-18-15-16-20-52(48)61(12,13)14)44-31-45(33-47(32-44)60(9,10)11)53-36-41(28-29-62-53)40-22-25-46(26-23-40)59(6,7)8;/h15-30,32-38,65H,1-14H3;/q-1;/i5D3;. The normalized spacial score (nSPS) is 13.2. The van der Waals surface area contributed by atoms with Gasteiger partial charge in [0, 0.05) is 37.1 Å². The van der Waals surface area contributed by atoms with Gasteiger partial charge in [-0.25, -0.2) is 4.98 Å². The summed E-state index contributed by atoms with van der Waals surface area (Å²) in [6.45, 7) is 25.8. The Kier molecular flexibility index (Phi) is 12.2. The number of benzene rings is 6. The van der Waals surface area contributed by atoms with Crippen molar-refractivity contribution in [3.8, 4) is 67.5 Å². The number of fused-ring (bicyclic) bond motifs is 1. The molecule has 6 aromatic carbocycles. The zero-order chi connectivity index (χ0) is 49.2. The average Bonchev–Trinajstić information content (AvgIpc) is 3.67. The van der Waals surface area contributed by atoms with Crippen LogP contribution in [0.3, 0.4) is 0 Å². The van der Waals surface area contributed by atoms with E-state index in [1.165, 1.54) is 5.56 Å². The fraction of sp³-hybridized carbons (Fsp3) is 0.311. The van der Waals surface area contributed by atoms with Crippen molar-refractivity contribution >= 4 is 11.0 Å². The van der Waals surface area contributed by atoms with Gasteiger partial charge in [-0.15, -0.1) is 29.3 Å². The van der Waals surface area contributed by atoms with Gasteiger partial charge < -0.3 is 5.11 Å². The van der Waals surface area contributed by atoms with Crippen molar-refractivity contribution in [2.24, 2.45) is 0 Å². The van der Waals surface area contributed by atoms with Gasteiger partial charge in [0.15, 0.2) is 0 Å². The Balaban J connectivity index is 0.00000703. The third-order valence-electron chi connectivity index (χ3n) is 12.8. The van der Waals surface area contributed by atoms with Crippen LogP contribution in [0.15, 0.2) is 128 Å². The quantitative estimate of drug-likeness (QED) is 0.154. The fourth-order valence-electron chi connectivity index (χ4n) is 8.86. The van der Waals surface area contributed by atoms with Gasteiger partial charge in [0.1, 0.15) is 11.6 Å². The molecule has 0 amide bonds. The van der Waals surface area contributed by atoms with Crippen LogP contribution in [0.4, 0.5) is 0 Å². The molecule has 0 bridgehead atoms. The van der Waals surface area contributed by atoms with Crippen molar-refractivity contribution in [2.75, 3.05) is 0 Å². The summed E-state index contributed by atoms with van der Waals surface area (Å²) >= 11 is 0. The van der Waals surface area contributed by atoms with E-state index in [9.17, 15) is 5.11 Å². The summed E-state index contributed by atoms with van der Waals surface area (Å²) < 4.78 is 29.1. The molecule has 4 nitrogen and oxygen atoms in total. The Morgan fingerprint density at radius 3 is 1.92 bits per heavy atom. The number of aromatic nitrogens is 3. The predicted molar refractivity (Wildman–Crippen MR) is 276 cm³/mol. The number of nitrogens with zero attached hydrogens (tertiary/aromatic N) is 3. The molecule has 0 aliphatic rings. The number of phenolic OH excluding ortho intramolecular Hbond substituents is 1. The number of imidazole rings is 1. The number of aromatic hydroxyl groups is 1. The van der Waals surface area contributed by atoms with Crippen molar-refractivity contribution in [3.63, 3.8) is 0 Å². The molecule has 0 radical (unpaired) electrons. The van der Waals surface area contributed by atoms with Crippen molar-refractivity contribution < 1.29 is 30.3 Å². The molecule has 2 aromatic heterocycles. The van der Waals surface area contributed by atoms with Crippen LogP contribution in [-0.2, 0) is 37.3 Å². The van der Waals surface area contributed by atoms with Gasteiger partial charge in [-0.05, 0) is 115 Å². The Morgan fingerprint density at radius 1 is 0.606 bits per heavy atom. The van der Waals surface area contributed by atoms with E-state index in [0.717, 1.165) is 66.9 Å². The summed E-state index contributed by atoms with van der Waals surface area (Å²) in [6, 6.07) is 45.3. The minimum Gasteiger partial charge on any atom is -0.507 e. The van der Waals surface area contributed by atoms with E-state index in [2.05, 4.69) is 169 Å². The first kappa shape index (κ1) is 44.3. The van der Waals surface area contributed by atoms with Crippen molar-refractivity contribution in [3.05, 3.63) is 167 Å². The predicted octanol–water partition coefficient (Wildman–Crippen LogP) is 16.7. The van der Waals surface area contributed by atoms with Gasteiger partial charge in [-0.1, -0.05) is 180 Å². The van der Waals surface area contributed by atoms with E-state index < -0.39 is 6.85 Å². The van der Waals surface area contributed by atoms with Crippen molar-refractivity contribution in [1.29, 1.82) is 0 Å². The van der Waals surface area contributed by atoms with E-state index in [1.54, 1.807) is 0 Å². The topological polar surface area (TPSA) is 50.9 Å². The molecule has 2 heterocycles. The molecule has 0 unspecified atom stereocenters. The Labute approximate surface area is 413 Å². The van der Waals surface area contributed by atoms with Crippen LogP contribution >= 0.6 is 0 Å². The number of hydrogen-bond acceptors (Lipinski definition) is 3. The molecule has 8 aromatic rings. The van der Waals surface area contributed by atoms with Gasteiger partial charge in [-0.2, -0.15) is 0 Å². The monoisotopic (exact) mass is 1050 g/mol. The van der Waals surface area contributed by atoms with E-state index in [-0.39, 0.29) is 60.5 Å². The van der Waals surface area contributed by atoms with Gasteiger partial charge >= 0.3 is 0 Å². The first-order chi connectivity index (χ1) is 31.8. The minimum atomic E-state index is -2.50. The number of rotatable bonds is 8. The van der Waals surface area contributed by atoms with Gasteiger partial charge in [0.2, 0.25) is 0 Å². The van der Waals surface area contributed by atoms with Gasteiger partial charge in [0.25, 0.3) is 0 Å². The molecule has 0 atom stereocenters. The van der Waals surface area contributed by atoms with Crippen LogP contribution in [0.2, 0.25) is 0 Å². The van der Waals surface area contributed by atoms with Crippen molar-refractivity contribution in [1.82, 2.24) is 14.5 Å². The van der Waals surface area contributed by atoms with Crippen LogP contribution in [0, 0.1) is 12.9 Å². The molecule has 0 saturated heterocycles. The summed E-state index contributed by atoms with van der Waals surface area (Å²) in [5.41, 5.74) is 15.0. The molecule has 0 spiro atoms. The summed E-state index contributed by atoms with van der Waals surface area (Å²) in [7, 11) is 0. The number of phenols is 1. The summed E-state index contributed by atoms with van der Waals surface area (Å²) in [6.07, 6.45) is 1.87. The molecule has 0 fully saturated rings. The molecule has 0 saturated carbocycles. The van der Waals surface area contributed by atoms with E-state index >= 15 is 0 Å². The molecule has 0 aliphatic heterocycles. The molecule has 1 N–H and O–H groups in total. The Morgan fingerprint density at radius 2 is 1.27 bits per heavy atom. The maximum absolute atomic E-state index is 12.3. The van der Waals surface area contributed by atoms with Gasteiger partial charge in [-0.3, -0.25) is 9.55 Å². The molecule has 5 heteroatoms. The third-order valence-corrected chi connectivity index (χ3v) is 12.8. The second-order valence-electron chi connectivity index (χ2n) is 21.5. The zero-order valence-corrected chi connectivity index (χ0v) is 43.2. The Hall–Kier alpha value is -5.57. The first-order valence-corrected chi connectivity index (χ1v) is 23.1. The molecule has 8 rings (SSSR count). The van der Waals surface area contributed by atoms with Crippen LogP contribution in [0.1, 0.15) is 139 Å². The van der Waals surface area contributed by atoms with E-state index in [0.29, 0.717) is 28.1 Å². The summed E-state index contributed by atoms with van der Waals surface area (Å²) in [4.78, 5) is 10.4. The zero-order valence-electron chi connectivity index (χ0n) is 43.9. The summed E-state index contributed by atoms with van der Waals surface area (Å²) in [5.74, 6) is 0.769. The largest absolute Gasteiger partial charge is 0.507 e. The second kappa shape index (κ2) is 18.3. The van der Waals surface area contributed by atoms with Crippen LogP contribution < -0.4 is 0 Å². The van der Waals surface area contributed by atoms with E-state index in [4.69, 9.17) is 14.1 Å². The van der Waals surface area contributed by atoms with E-state index in [1.807, 2.05) is 59.3 Å². The maximum atomic E-state index is 12.3. The SMILES string of the molecule is [2H]C([2H])([2H])c1cc(-c2ccccc2C(C)(C)C)ccc1-n1c(-c2cc(C(C)C)cc(C(C)C)c2O)nc2c(-c3[c-]c(-c4cc(-c5ccc(C(C)(C)C)cc5)ccn4)cc(C(C)(C)C)c3)cccc21.[Pt]. The minimum absolute atomic E-state index is 0.